The molecule has 0 fully saturated rings. The summed E-state index contributed by atoms with van der Waals surface area (Å²) in [6, 6.07) is 18.2. The fourth-order valence-corrected chi connectivity index (χ4v) is 4.96. The van der Waals surface area contributed by atoms with Crippen LogP contribution in [-0.4, -0.2) is 33.8 Å². The lowest BCUT2D eigenvalue weighted by molar-refractivity contribution is 0.0526. The van der Waals surface area contributed by atoms with Crippen molar-refractivity contribution < 1.29 is 18.7 Å². The summed E-state index contributed by atoms with van der Waals surface area (Å²) in [6.45, 7) is 4.99. The van der Waals surface area contributed by atoms with Crippen molar-refractivity contribution in [3.05, 3.63) is 86.9 Å². The highest BCUT2D eigenvalue weighted by molar-refractivity contribution is 7.15. The Balaban J connectivity index is 1.29. The van der Waals surface area contributed by atoms with Crippen molar-refractivity contribution in [3.8, 4) is 28.5 Å². The van der Waals surface area contributed by atoms with Crippen LogP contribution < -0.4 is 14.8 Å². The van der Waals surface area contributed by atoms with Gasteiger partial charge in [0.2, 0.25) is 4.96 Å². The quantitative estimate of drug-likeness (QED) is 0.154. The average molecular weight is 544 g/mol. The van der Waals surface area contributed by atoms with E-state index in [1.165, 1.54) is 35.1 Å². The molecule has 0 radical (unpaired) electrons. The molecule has 5 aromatic rings. The molecule has 0 aliphatic carbocycles. The van der Waals surface area contributed by atoms with E-state index >= 15 is 0 Å². The summed E-state index contributed by atoms with van der Waals surface area (Å²) in [4.78, 5) is 29.9. The van der Waals surface area contributed by atoms with Gasteiger partial charge in [-0.3, -0.25) is 4.79 Å². The first-order valence-corrected chi connectivity index (χ1v) is 13.9. The Hall–Kier alpha value is -4.24. The zero-order valence-corrected chi connectivity index (χ0v) is 22.7. The SMILES string of the molecule is CCCCCCOc1ccc(-c2nc3sc(=Cc4ccc(-c5ccc(C(=O)OCC)cc5)o4)c(=O)n3n2)cc1. The molecule has 8 nitrogen and oxygen atoms in total. The van der Waals surface area contributed by atoms with Crippen molar-refractivity contribution in [2.75, 3.05) is 13.2 Å². The number of unbranched alkanes of at least 4 members (excludes halogenated alkanes) is 3. The van der Waals surface area contributed by atoms with Crippen LogP contribution in [-0.2, 0) is 4.74 Å². The van der Waals surface area contributed by atoms with Crippen molar-refractivity contribution in [1.29, 1.82) is 0 Å². The van der Waals surface area contributed by atoms with Crippen LogP contribution >= 0.6 is 11.3 Å². The van der Waals surface area contributed by atoms with Crippen LogP contribution in [0.2, 0.25) is 0 Å². The molecule has 2 aromatic carbocycles. The van der Waals surface area contributed by atoms with E-state index in [2.05, 4.69) is 17.0 Å². The predicted octanol–water partition coefficient (Wildman–Crippen LogP) is 5.76. The molecule has 200 valence electrons. The Bertz CT molecular complexity index is 1670. The minimum Gasteiger partial charge on any atom is -0.494 e. The molecule has 0 bridgehead atoms. The Morgan fingerprint density at radius 3 is 2.46 bits per heavy atom. The highest BCUT2D eigenvalue weighted by Crippen LogP contribution is 2.24. The van der Waals surface area contributed by atoms with Gasteiger partial charge < -0.3 is 13.9 Å². The molecule has 0 N–H and O–H groups in total. The van der Waals surface area contributed by atoms with Gasteiger partial charge >= 0.3 is 5.97 Å². The van der Waals surface area contributed by atoms with E-state index in [1.807, 2.05) is 30.3 Å². The predicted molar refractivity (Wildman–Crippen MR) is 151 cm³/mol. The van der Waals surface area contributed by atoms with Crippen LogP contribution in [0.4, 0.5) is 0 Å². The highest BCUT2D eigenvalue weighted by atomic mass is 32.1. The zero-order valence-electron chi connectivity index (χ0n) is 21.9. The second-order valence-electron chi connectivity index (χ2n) is 8.98. The number of carbonyl (C=O) groups excluding carboxylic acids is 1. The van der Waals surface area contributed by atoms with E-state index in [0.29, 0.717) is 45.6 Å². The van der Waals surface area contributed by atoms with Crippen molar-refractivity contribution in [1.82, 2.24) is 14.6 Å². The van der Waals surface area contributed by atoms with Gasteiger partial charge in [-0.2, -0.15) is 9.50 Å². The molecule has 0 aliphatic heterocycles. The lowest BCUT2D eigenvalue weighted by Crippen LogP contribution is -2.23. The van der Waals surface area contributed by atoms with Crippen molar-refractivity contribution in [2.45, 2.75) is 39.5 Å². The summed E-state index contributed by atoms with van der Waals surface area (Å²) in [5, 5.41) is 4.43. The molecule has 9 heteroatoms. The number of nitrogens with zero attached hydrogens (tertiary/aromatic N) is 3. The standard InChI is InChI=1S/C30H29N3O5S/c1-3-5-6-7-18-37-23-14-12-21(13-15-23)27-31-30-33(32-27)28(34)26(39-30)19-24-16-17-25(38-24)20-8-10-22(11-9-20)29(35)36-4-2/h8-17,19H,3-7,18H2,1-2H3. The molecular formula is C30H29N3O5S. The van der Waals surface area contributed by atoms with Gasteiger partial charge in [-0.15, -0.1) is 5.10 Å². The molecule has 0 amide bonds. The Morgan fingerprint density at radius 2 is 1.74 bits per heavy atom. The molecule has 0 unspecified atom stereocenters. The smallest absolute Gasteiger partial charge is 0.338 e. The maximum atomic E-state index is 13.0. The highest BCUT2D eigenvalue weighted by Gasteiger charge is 2.13. The molecule has 0 atom stereocenters. The van der Waals surface area contributed by atoms with E-state index in [-0.39, 0.29) is 11.5 Å². The Kier molecular flexibility index (Phi) is 8.17. The molecule has 3 aromatic heterocycles. The van der Waals surface area contributed by atoms with Crippen molar-refractivity contribution in [2.24, 2.45) is 0 Å². The minimum atomic E-state index is -0.362. The Labute approximate surface area is 229 Å². The molecule has 0 saturated carbocycles. The van der Waals surface area contributed by atoms with Gasteiger partial charge in [-0.1, -0.05) is 49.7 Å². The van der Waals surface area contributed by atoms with Crippen LogP contribution in [0.5, 0.6) is 5.75 Å². The molecule has 5 rings (SSSR count). The van der Waals surface area contributed by atoms with Gasteiger partial charge in [0.05, 0.1) is 18.8 Å². The van der Waals surface area contributed by atoms with Crippen LogP contribution in [0.3, 0.4) is 0 Å². The van der Waals surface area contributed by atoms with Gasteiger partial charge in [-0.05, 0) is 61.9 Å². The molecule has 3 heterocycles. The number of esters is 1. The molecule has 0 spiro atoms. The summed E-state index contributed by atoms with van der Waals surface area (Å²) in [6.07, 6.45) is 6.33. The number of benzene rings is 2. The van der Waals surface area contributed by atoms with Gasteiger partial charge in [0.25, 0.3) is 5.56 Å². The van der Waals surface area contributed by atoms with Crippen LogP contribution in [0.1, 0.15) is 55.6 Å². The second kappa shape index (κ2) is 12.1. The number of fused-ring (bicyclic) bond motifs is 1. The lowest BCUT2D eigenvalue weighted by atomic mass is 10.1. The fourth-order valence-electron chi connectivity index (χ4n) is 4.07. The number of carbonyl (C=O) groups is 1. The third-order valence-electron chi connectivity index (χ3n) is 6.14. The number of hydrogen-bond donors (Lipinski definition) is 0. The number of aromatic nitrogens is 3. The molecule has 0 aliphatic rings. The second-order valence-corrected chi connectivity index (χ2v) is 9.99. The van der Waals surface area contributed by atoms with Crippen LogP contribution in [0.25, 0.3) is 33.7 Å². The summed E-state index contributed by atoms with van der Waals surface area (Å²) < 4.78 is 18.6. The first-order chi connectivity index (χ1) is 19.1. The number of ether oxygens (including phenoxy) is 2. The molecular weight excluding hydrogens is 514 g/mol. The first kappa shape index (κ1) is 26.4. The molecule has 0 saturated heterocycles. The van der Waals surface area contributed by atoms with Crippen LogP contribution in [0, 0.1) is 0 Å². The van der Waals surface area contributed by atoms with Gasteiger partial charge in [-0.25, -0.2) is 4.79 Å². The summed E-state index contributed by atoms with van der Waals surface area (Å²) in [5.74, 6) is 2.10. The largest absolute Gasteiger partial charge is 0.494 e. The average Bonchev–Trinajstić information content (AvgIpc) is 3.66. The topological polar surface area (TPSA) is 95.9 Å². The normalized spacial score (nSPS) is 11.8. The van der Waals surface area contributed by atoms with E-state index in [0.717, 1.165) is 23.3 Å². The Morgan fingerprint density at radius 1 is 0.974 bits per heavy atom. The van der Waals surface area contributed by atoms with E-state index in [9.17, 15) is 9.59 Å². The third kappa shape index (κ3) is 6.09. The third-order valence-corrected chi connectivity index (χ3v) is 7.10. The first-order valence-electron chi connectivity index (χ1n) is 13.1. The summed E-state index contributed by atoms with van der Waals surface area (Å²) >= 11 is 1.25. The van der Waals surface area contributed by atoms with Gasteiger partial charge in [0.1, 0.15) is 21.8 Å². The number of hydrogen-bond acceptors (Lipinski definition) is 8. The van der Waals surface area contributed by atoms with Crippen molar-refractivity contribution in [3.63, 3.8) is 0 Å². The van der Waals surface area contributed by atoms with Crippen LogP contribution in [0.15, 0.2) is 69.9 Å². The maximum Gasteiger partial charge on any atom is 0.338 e. The maximum absolute atomic E-state index is 13.0. The number of thiazole rings is 1. The van der Waals surface area contributed by atoms with Gasteiger partial charge in [0.15, 0.2) is 5.82 Å². The lowest BCUT2D eigenvalue weighted by Gasteiger charge is -2.06. The van der Waals surface area contributed by atoms with E-state index < -0.39 is 0 Å². The minimum absolute atomic E-state index is 0.252. The van der Waals surface area contributed by atoms with E-state index in [4.69, 9.17) is 13.9 Å². The molecule has 39 heavy (non-hydrogen) atoms. The van der Waals surface area contributed by atoms with E-state index in [1.54, 1.807) is 43.3 Å². The monoisotopic (exact) mass is 543 g/mol. The van der Waals surface area contributed by atoms with Gasteiger partial charge in [0, 0.05) is 17.2 Å². The zero-order chi connectivity index (χ0) is 27.2. The van der Waals surface area contributed by atoms with Crippen molar-refractivity contribution >= 4 is 28.3 Å². The fraction of sp³-hybridized carbons (Fsp3) is 0.267. The number of rotatable bonds is 11. The summed E-state index contributed by atoms with van der Waals surface area (Å²) in [7, 11) is 0. The number of furan rings is 1. The summed E-state index contributed by atoms with van der Waals surface area (Å²) in [5.41, 5.74) is 1.85.